The third-order valence-corrected chi connectivity index (χ3v) is 3.89. The second-order valence-electron chi connectivity index (χ2n) is 5.54. The van der Waals surface area contributed by atoms with Crippen molar-refractivity contribution in [2.24, 2.45) is 0 Å². The molecule has 2 N–H and O–H groups in total. The first kappa shape index (κ1) is 17.7. The fourth-order valence-electron chi connectivity index (χ4n) is 2.49. The molecule has 1 aromatic heterocycles. The molecule has 2 heterocycles. The largest absolute Gasteiger partial charge is 0.486 e. The first-order valence-electron chi connectivity index (χ1n) is 7.87. The molecule has 10 heteroatoms. The smallest absolute Gasteiger partial charge is 0.334 e. The van der Waals surface area contributed by atoms with E-state index in [1.54, 1.807) is 25.1 Å². The van der Waals surface area contributed by atoms with E-state index in [0.717, 1.165) is 0 Å². The Kier molecular flexibility index (Phi) is 5.03. The number of aliphatic carboxylic acids is 1. The summed E-state index contributed by atoms with van der Waals surface area (Å²) in [5.41, 5.74) is 1.27. The van der Waals surface area contributed by atoms with Crippen LogP contribution in [0.1, 0.15) is 16.2 Å². The Labute approximate surface area is 148 Å². The number of fused-ring (bicyclic) bond motifs is 1. The zero-order valence-electron chi connectivity index (χ0n) is 14.3. The quantitative estimate of drug-likeness (QED) is 0.745. The van der Waals surface area contributed by atoms with Gasteiger partial charge in [-0.2, -0.15) is 0 Å². The lowest BCUT2D eigenvalue weighted by Crippen LogP contribution is -2.38. The Bertz CT molecular complexity index is 834. The van der Waals surface area contributed by atoms with Crippen molar-refractivity contribution in [2.75, 3.05) is 26.9 Å². The molecule has 1 atom stereocenters. The van der Waals surface area contributed by atoms with E-state index in [9.17, 15) is 9.59 Å². The molecule has 0 aliphatic carbocycles. The minimum absolute atomic E-state index is 0.0973. The number of amides is 1. The molecule has 2 aromatic rings. The van der Waals surface area contributed by atoms with Crippen molar-refractivity contribution in [2.45, 2.75) is 13.0 Å². The van der Waals surface area contributed by atoms with Gasteiger partial charge in [0.05, 0.1) is 17.9 Å². The summed E-state index contributed by atoms with van der Waals surface area (Å²) in [7, 11) is 1.26. The Hall–Kier alpha value is -3.14. The molecule has 0 spiro atoms. The first-order valence-corrected chi connectivity index (χ1v) is 7.87. The zero-order chi connectivity index (χ0) is 18.7. The van der Waals surface area contributed by atoms with Gasteiger partial charge in [0.25, 0.3) is 5.91 Å². The van der Waals surface area contributed by atoms with E-state index in [0.29, 0.717) is 36.1 Å². The summed E-state index contributed by atoms with van der Waals surface area (Å²) in [5, 5.41) is 19.3. The van der Waals surface area contributed by atoms with Crippen LogP contribution in [0.4, 0.5) is 0 Å². The van der Waals surface area contributed by atoms with E-state index in [2.05, 4.69) is 15.6 Å². The molecule has 1 unspecified atom stereocenters. The second kappa shape index (κ2) is 7.40. The summed E-state index contributed by atoms with van der Waals surface area (Å²) < 4.78 is 17.3. The third-order valence-electron chi connectivity index (χ3n) is 3.89. The predicted octanol–water partition coefficient (Wildman–Crippen LogP) is 0.176. The highest BCUT2D eigenvalue weighted by atomic mass is 16.6. The van der Waals surface area contributed by atoms with Crippen molar-refractivity contribution in [1.82, 2.24) is 20.3 Å². The fraction of sp³-hybridized carbons (Fsp3) is 0.375. The van der Waals surface area contributed by atoms with E-state index >= 15 is 0 Å². The van der Waals surface area contributed by atoms with Gasteiger partial charge in [-0.25, -0.2) is 9.48 Å². The highest BCUT2D eigenvalue weighted by Crippen LogP contribution is 2.32. The standard InChI is InChI=1S/C16H18N4O6/c1-9-14(15(21)17-8-13(24-2)16(22)23)18-19-20(9)10-3-4-11-12(7-10)26-6-5-25-11/h3-4,7,13H,5-6,8H2,1-2H3,(H,17,21)(H,22,23). The van der Waals surface area contributed by atoms with Crippen LogP contribution in [0, 0.1) is 6.92 Å². The minimum atomic E-state index is -1.16. The number of nitrogens with one attached hydrogen (secondary N) is 1. The van der Waals surface area contributed by atoms with Crippen LogP contribution in [-0.4, -0.2) is 64.9 Å². The zero-order valence-corrected chi connectivity index (χ0v) is 14.3. The fourth-order valence-corrected chi connectivity index (χ4v) is 2.49. The monoisotopic (exact) mass is 362 g/mol. The first-order chi connectivity index (χ1) is 12.5. The maximum atomic E-state index is 12.3. The number of hydrogen-bond donors (Lipinski definition) is 2. The van der Waals surface area contributed by atoms with Crippen molar-refractivity contribution in [3.8, 4) is 17.2 Å². The number of rotatable bonds is 6. The maximum absolute atomic E-state index is 12.3. The van der Waals surface area contributed by atoms with Crippen LogP contribution in [0.5, 0.6) is 11.5 Å². The Balaban J connectivity index is 1.77. The predicted molar refractivity (Wildman–Crippen MR) is 87.9 cm³/mol. The molecule has 0 fully saturated rings. The van der Waals surface area contributed by atoms with Crippen LogP contribution in [0.3, 0.4) is 0 Å². The molecule has 0 bridgehead atoms. The van der Waals surface area contributed by atoms with Crippen LogP contribution >= 0.6 is 0 Å². The lowest BCUT2D eigenvalue weighted by atomic mass is 10.2. The number of aromatic nitrogens is 3. The molecule has 0 radical (unpaired) electrons. The Morgan fingerprint density at radius 2 is 2.08 bits per heavy atom. The van der Waals surface area contributed by atoms with Crippen molar-refractivity contribution >= 4 is 11.9 Å². The van der Waals surface area contributed by atoms with Crippen molar-refractivity contribution < 1.29 is 28.9 Å². The topological polar surface area (TPSA) is 125 Å². The number of hydrogen-bond acceptors (Lipinski definition) is 7. The van der Waals surface area contributed by atoms with Crippen LogP contribution in [-0.2, 0) is 9.53 Å². The molecular weight excluding hydrogens is 344 g/mol. The number of methoxy groups -OCH3 is 1. The molecule has 3 rings (SSSR count). The summed E-state index contributed by atoms with van der Waals surface area (Å²) in [6.07, 6.45) is -1.13. The Morgan fingerprint density at radius 3 is 2.77 bits per heavy atom. The highest BCUT2D eigenvalue weighted by Gasteiger charge is 2.22. The molecule has 1 aliphatic rings. The molecule has 10 nitrogen and oxygen atoms in total. The lowest BCUT2D eigenvalue weighted by Gasteiger charge is -2.18. The second-order valence-corrected chi connectivity index (χ2v) is 5.54. The average molecular weight is 362 g/mol. The number of carboxylic acid groups (broad SMARTS) is 1. The molecule has 138 valence electrons. The number of carbonyl (C=O) groups excluding carboxylic acids is 1. The van der Waals surface area contributed by atoms with E-state index in [1.165, 1.54) is 11.8 Å². The third kappa shape index (κ3) is 3.45. The van der Waals surface area contributed by atoms with E-state index < -0.39 is 18.0 Å². The van der Waals surface area contributed by atoms with Gasteiger partial charge in [-0.15, -0.1) is 5.10 Å². The number of nitrogens with zero attached hydrogens (tertiary/aromatic N) is 3. The summed E-state index contributed by atoms with van der Waals surface area (Å²) in [6, 6.07) is 5.30. The van der Waals surface area contributed by atoms with Crippen molar-refractivity contribution in [3.63, 3.8) is 0 Å². The molecule has 1 aliphatic heterocycles. The number of ether oxygens (including phenoxy) is 3. The van der Waals surface area contributed by atoms with Crippen molar-refractivity contribution in [3.05, 3.63) is 29.6 Å². The lowest BCUT2D eigenvalue weighted by molar-refractivity contribution is -0.148. The summed E-state index contributed by atoms with van der Waals surface area (Å²) >= 11 is 0. The number of carbonyl (C=O) groups is 2. The molecule has 1 aromatic carbocycles. The van der Waals surface area contributed by atoms with Gasteiger partial charge in [0, 0.05) is 13.2 Å². The molecule has 1 amide bonds. The van der Waals surface area contributed by atoms with E-state index in [4.69, 9.17) is 19.3 Å². The van der Waals surface area contributed by atoms with E-state index in [1.807, 2.05) is 0 Å². The SMILES string of the molecule is COC(CNC(=O)c1nnn(-c2ccc3c(c2)OCCO3)c1C)C(=O)O. The molecule has 0 saturated carbocycles. The maximum Gasteiger partial charge on any atom is 0.334 e. The normalized spacial score (nSPS) is 13.9. The number of carboxylic acids is 1. The average Bonchev–Trinajstić information content (AvgIpc) is 3.03. The number of benzene rings is 1. The van der Waals surface area contributed by atoms with Gasteiger partial charge in [0.15, 0.2) is 23.3 Å². The minimum Gasteiger partial charge on any atom is -0.486 e. The van der Waals surface area contributed by atoms with Gasteiger partial charge in [-0.1, -0.05) is 5.21 Å². The van der Waals surface area contributed by atoms with Crippen LogP contribution in [0.2, 0.25) is 0 Å². The van der Waals surface area contributed by atoms with Crippen molar-refractivity contribution in [1.29, 1.82) is 0 Å². The molecule has 26 heavy (non-hydrogen) atoms. The van der Waals surface area contributed by atoms with Gasteiger partial charge in [0.2, 0.25) is 0 Å². The highest BCUT2D eigenvalue weighted by molar-refractivity contribution is 5.93. The van der Waals surface area contributed by atoms with E-state index in [-0.39, 0.29) is 12.2 Å². The molecule has 0 saturated heterocycles. The molecular formula is C16H18N4O6. The Morgan fingerprint density at radius 1 is 1.35 bits per heavy atom. The van der Waals surface area contributed by atoms with Crippen LogP contribution < -0.4 is 14.8 Å². The summed E-state index contributed by atoms with van der Waals surface area (Å²) in [4.78, 5) is 23.2. The van der Waals surface area contributed by atoms with Gasteiger partial charge >= 0.3 is 5.97 Å². The van der Waals surface area contributed by atoms with Crippen LogP contribution in [0.25, 0.3) is 5.69 Å². The van der Waals surface area contributed by atoms with Gasteiger partial charge in [-0.05, 0) is 19.1 Å². The van der Waals surface area contributed by atoms with Crippen LogP contribution in [0.15, 0.2) is 18.2 Å². The van der Waals surface area contributed by atoms with Gasteiger partial charge in [0.1, 0.15) is 13.2 Å². The summed E-state index contributed by atoms with van der Waals surface area (Å²) in [5.74, 6) is -0.451. The van der Waals surface area contributed by atoms with Gasteiger partial charge < -0.3 is 24.6 Å². The summed E-state index contributed by atoms with van der Waals surface area (Å²) in [6.45, 7) is 2.47. The van der Waals surface area contributed by atoms with Gasteiger partial charge in [-0.3, -0.25) is 4.79 Å².